The van der Waals surface area contributed by atoms with Gasteiger partial charge < -0.3 is 9.64 Å². The van der Waals surface area contributed by atoms with Gasteiger partial charge in [-0.05, 0) is 23.9 Å². The zero-order chi connectivity index (χ0) is 14.4. The largest absolute Gasteiger partial charge is 0.383 e. The van der Waals surface area contributed by atoms with Crippen molar-refractivity contribution in [2.45, 2.75) is 32.4 Å². The molecule has 0 N–H and O–H groups in total. The Bertz CT molecular complexity index is 388. The highest BCUT2D eigenvalue weighted by Crippen LogP contribution is 2.24. The molecule has 0 aromatic carbocycles. The first-order chi connectivity index (χ1) is 9.76. The number of rotatable bonds is 7. The number of ether oxygens (including phenoxy) is 1. The first kappa shape index (κ1) is 15.3. The van der Waals surface area contributed by atoms with E-state index < -0.39 is 0 Å². The zero-order valence-corrected chi connectivity index (χ0v) is 12.8. The second-order valence-electron chi connectivity index (χ2n) is 5.40. The molecule has 0 bridgehead atoms. The number of nitrogens with zero attached hydrogens (tertiary/aromatic N) is 6. The average Bonchev–Trinajstić information content (AvgIpc) is 2.92. The van der Waals surface area contributed by atoms with Crippen molar-refractivity contribution in [3.8, 4) is 0 Å². The van der Waals surface area contributed by atoms with Crippen LogP contribution in [-0.4, -0.2) is 77.0 Å². The molecule has 0 aliphatic carbocycles. The molecule has 0 saturated carbocycles. The summed E-state index contributed by atoms with van der Waals surface area (Å²) >= 11 is 0. The fourth-order valence-electron chi connectivity index (χ4n) is 2.67. The van der Waals surface area contributed by atoms with Crippen molar-refractivity contribution in [1.82, 2.24) is 30.0 Å². The minimum Gasteiger partial charge on any atom is -0.383 e. The van der Waals surface area contributed by atoms with Gasteiger partial charge in [0.05, 0.1) is 19.2 Å². The SMILES string of the molecule is CCCC(c1nnnn1CCOC)N1CCN(C)CC1. The number of hydrogen-bond donors (Lipinski definition) is 0. The summed E-state index contributed by atoms with van der Waals surface area (Å²) in [7, 11) is 3.88. The van der Waals surface area contributed by atoms with E-state index in [9.17, 15) is 0 Å². The van der Waals surface area contributed by atoms with Crippen LogP contribution in [0.15, 0.2) is 0 Å². The van der Waals surface area contributed by atoms with E-state index >= 15 is 0 Å². The summed E-state index contributed by atoms with van der Waals surface area (Å²) < 4.78 is 7.02. The van der Waals surface area contributed by atoms with Crippen LogP contribution in [0.1, 0.15) is 31.6 Å². The number of piperazine rings is 1. The van der Waals surface area contributed by atoms with E-state index in [0.717, 1.165) is 44.8 Å². The van der Waals surface area contributed by atoms with Gasteiger partial charge in [-0.15, -0.1) is 5.10 Å². The van der Waals surface area contributed by atoms with Crippen molar-refractivity contribution in [3.05, 3.63) is 5.82 Å². The lowest BCUT2D eigenvalue weighted by atomic mass is 10.1. The van der Waals surface area contributed by atoms with E-state index in [0.29, 0.717) is 19.2 Å². The molecule has 1 fully saturated rings. The van der Waals surface area contributed by atoms with Gasteiger partial charge in [0.1, 0.15) is 0 Å². The van der Waals surface area contributed by atoms with E-state index in [1.165, 1.54) is 0 Å². The molecule has 1 saturated heterocycles. The highest BCUT2D eigenvalue weighted by Gasteiger charge is 2.27. The molecule has 7 nitrogen and oxygen atoms in total. The molecule has 0 radical (unpaired) electrons. The van der Waals surface area contributed by atoms with E-state index in [1.54, 1.807) is 7.11 Å². The van der Waals surface area contributed by atoms with Crippen LogP contribution in [0.2, 0.25) is 0 Å². The third-order valence-corrected chi connectivity index (χ3v) is 3.91. The Kier molecular flexibility index (Phi) is 5.87. The monoisotopic (exact) mass is 282 g/mol. The van der Waals surface area contributed by atoms with Gasteiger partial charge in [0, 0.05) is 33.3 Å². The Morgan fingerprint density at radius 2 is 2.00 bits per heavy atom. The molecule has 1 aliphatic rings. The van der Waals surface area contributed by atoms with E-state index in [4.69, 9.17) is 4.74 Å². The molecule has 0 spiro atoms. The molecule has 7 heteroatoms. The standard InChI is InChI=1S/C13H26N6O/c1-4-5-12(18-8-6-17(2)7-9-18)13-14-15-16-19(13)10-11-20-3/h12H,4-11H2,1-3H3. The second-order valence-corrected chi connectivity index (χ2v) is 5.40. The third kappa shape index (κ3) is 3.74. The van der Waals surface area contributed by atoms with Gasteiger partial charge in [0.15, 0.2) is 5.82 Å². The van der Waals surface area contributed by atoms with Crippen LogP contribution in [0.4, 0.5) is 0 Å². The highest BCUT2D eigenvalue weighted by molar-refractivity contribution is 4.94. The summed E-state index contributed by atoms with van der Waals surface area (Å²) in [5, 5.41) is 12.2. The molecular formula is C13H26N6O. The lowest BCUT2D eigenvalue weighted by molar-refractivity contribution is 0.0977. The minimum absolute atomic E-state index is 0.320. The van der Waals surface area contributed by atoms with Gasteiger partial charge in [-0.25, -0.2) is 4.68 Å². The molecule has 1 aliphatic heterocycles. The number of aromatic nitrogens is 4. The Morgan fingerprint density at radius 3 is 2.65 bits per heavy atom. The number of methoxy groups -OCH3 is 1. The molecule has 0 amide bonds. The van der Waals surface area contributed by atoms with Gasteiger partial charge >= 0.3 is 0 Å². The summed E-state index contributed by atoms with van der Waals surface area (Å²) in [4.78, 5) is 4.88. The minimum atomic E-state index is 0.320. The van der Waals surface area contributed by atoms with Crippen LogP contribution in [-0.2, 0) is 11.3 Å². The number of hydrogen-bond acceptors (Lipinski definition) is 6. The number of tetrazole rings is 1. The Balaban J connectivity index is 2.09. The molecule has 114 valence electrons. The van der Waals surface area contributed by atoms with Crippen molar-refractivity contribution in [3.63, 3.8) is 0 Å². The van der Waals surface area contributed by atoms with Gasteiger partial charge in [0.2, 0.25) is 0 Å². The lowest BCUT2D eigenvalue weighted by Crippen LogP contribution is -2.46. The fourth-order valence-corrected chi connectivity index (χ4v) is 2.67. The lowest BCUT2D eigenvalue weighted by Gasteiger charge is -2.37. The van der Waals surface area contributed by atoms with E-state index in [-0.39, 0.29) is 0 Å². The van der Waals surface area contributed by atoms with Crippen LogP contribution in [0.3, 0.4) is 0 Å². The van der Waals surface area contributed by atoms with Gasteiger partial charge in [-0.1, -0.05) is 13.3 Å². The summed E-state index contributed by atoms with van der Waals surface area (Å²) in [6.07, 6.45) is 2.23. The average molecular weight is 282 g/mol. The maximum absolute atomic E-state index is 5.13. The predicted molar refractivity (Wildman–Crippen MR) is 76.4 cm³/mol. The Morgan fingerprint density at radius 1 is 1.25 bits per heavy atom. The first-order valence-electron chi connectivity index (χ1n) is 7.43. The molecule has 2 heterocycles. The topological polar surface area (TPSA) is 59.3 Å². The maximum Gasteiger partial charge on any atom is 0.168 e. The molecule has 2 rings (SSSR count). The first-order valence-corrected chi connectivity index (χ1v) is 7.43. The maximum atomic E-state index is 5.13. The summed E-state index contributed by atoms with van der Waals surface area (Å²) in [5.41, 5.74) is 0. The van der Waals surface area contributed by atoms with Crippen molar-refractivity contribution in [1.29, 1.82) is 0 Å². The van der Waals surface area contributed by atoms with Gasteiger partial charge in [0.25, 0.3) is 0 Å². The predicted octanol–water partition coefficient (Wildman–Crippen LogP) is 0.408. The van der Waals surface area contributed by atoms with Crippen LogP contribution in [0.5, 0.6) is 0 Å². The smallest absolute Gasteiger partial charge is 0.168 e. The summed E-state index contributed by atoms with van der Waals surface area (Å²) in [6, 6.07) is 0.320. The van der Waals surface area contributed by atoms with Crippen molar-refractivity contribution in [2.24, 2.45) is 0 Å². The van der Waals surface area contributed by atoms with E-state index in [1.807, 2.05) is 4.68 Å². The third-order valence-electron chi connectivity index (χ3n) is 3.91. The van der Waals surface area contributed by atoms with Crippen LogP contribution < -0.4 is 0 Å². The molecule has 1 unspecified atom stereocenters. The van der Waals surface area contributed by atoms with Crippen LogP contribution in [0, 0.1) is 0 Å². The van der Waals surface area contributed by atoms with Crippen molar-refractivity contribution < 1.29 is 4.74 Å². The van der Waals surface area contributed by atoms with Gasteiger partial charge in [-0.3, -0.25) is 4.90 Å². The van der Waals surface area contributed by atoms with E-state index in [2.05, 4.69) is 39.3 Å². The Hall–Kier alpha value is -1.05. The highest BCUT2D eigenvalue weighted by atomic mass is 16.5. The van der Waals surface area contributed by atoms with Crippen molar-refractivity contribution >= 4 is 0 Å². The summed E-state index contributed by atoms with van der Waals surface area (Å²) in [5.74, 6) is 0.980. The molecule has 1 aromatic heterocycles. The fraction of sp³-hybridized carbons (Fsp3) is 0.923. The molecule has 1 atom stereocenters. The zero-order valence-electron chi connectivity index (χ0n) is 12.8. The van der Waals surface area contributed by atoms with Crippen LogP contribution >= 0.6 is 0 Å². The molecule has 1 aromatic rings. The van der Waals surface area contributed by atoms with Gasteiger partial charge in [-0.2, -0.15) is 0 Å². The van der Waals surface area contributed by atoms with Crippen LogP contribution in [0.25, 0.3) is 0 Å². The Labute approximate surface area is 120 Å². The van der Waals surface area contributed by atoms with Crippen molar-refractivity contribution in [2.75, 3.05) is 46.9 Å². The summed E-state index contributed by atoms with van der Waals surface area (Å²) in [6.45, 7) is 7.95. The molecule has 20 heavy (non-hydrogen) atoms. The normalized spacial score (nSPS) is 19.4. The molecular weight excluding hydrogens is 256 g/mol. The number of likely N-dealkylation sites (N-methyl/N-ethyl adjacent to an activating group) is 1. The quantitative estimate of drug-likeness (QED) is 0.722. The second kappa shape index (κ2) is 7.66.